The molecule has 3 rings (SSSR count). The number of rotatable bonds is 7. The van der Waals surface area contributed by atoms with Crippen LogP contribution in [0.4, 0.5) is 5.69 Å². The molecule has 28 heavy (non-hydrogen) atoms. The highest BCUT2D eigenvalue weighted by atomic mass is 127. The third-order valence-electron chi connectivity index (χ3n) is 3.49. The second-order valence-corrected chi connectivity index (χ2v) is 6.82. The monoisotopic (exact) mass is 488 g/mol. The first-order chi connectivity index (χ1) is 13.6. The minimum Gasteiger partial charge on any atom is -0.438 e. The molecule has 0 unspecified atom stereocenters. The van der Waals surface area contributed by atoms with Crippen molar-refractivity contribution in [3.8, 4) is 11.6 Å². The quantitative estimate of drug-likeness (QED) is 0.229. The van der Waals surface area contributed by atoms with E-state index in [-0.39, 0.29) is 18.3 Å². The fraction of sp³-hybridized carbons (Fsp3) is 0.0500. The van der Waals surface area contributed by atoms with E-state index in [0.29, 0.717) is 22.9 Å². The van der Waals surface area contributed by atoms with Crippen molar-refractivity contribution in [3.05, 3.63) is 82.1 Å². The first kappa shape index (κ1) is 19.6. The van der Waals surface area contributed by atoms with Crippen LogP contribution in [0.25, 0.3) is 0 Å². The van der Waals surface area contributed by atoms with E-state index >= 15 is 0 Å². The zero-order valence-electron chi connectivity index (χ0n) is 14.7. The first-order valence-corrected chi connectivity index (χ1v) is 9.39. The molecule has 3 aromatic rings. The standard InChI is InChI=1S/C20H17IN4O3/c21-14-8-10-15(11-9-14)24-18(26)13-27-25-19(22)17-7-4-12-23-20(17)28-16-5-2-1-3-6-16/h1-12H,13H2,(H2,22,25)(H,24,26). The van der Waals surface area contributed by atoms with Crippen molar-refractivity contribution >= 4 is 40.0 Å². The Morgan fingerprint density at radius 2 is 1.82 bits per heavy atom. The number of nitrogens with zero attached hydrogens (tertiary/aromatic N) is 2. The zero-order chi connectivity index (χ0) is 19.8. The number of ether oxygens (including phenoxy) is 1. The molecule has 1 heterocycles. The van der Waals surface area contributed by atoms with Gasteiger partial charge in [0.2, 0.25) is 5.88 Å². The molecule has 0 aliphatic carbocycles. The van der Waals surface area contributed by atoms with Gasteiger partial charge in [0, 0.05) is 15.5 Å². The Morgan fingerprint density at radius 3 is 2.57 bits per heavy atom. The third-order valence-corrected chi connectivity index (χ3v) is 4.21. The number of pyridine rings is 1. The lowest BCUT2D eigenvalue weighted by Crippen LogP contribution is -2.20. The number of benzene rings is 2. The van der Waals surface area contributed by atoms with Crippen molar-refractivity contribution in [1.29, 1.82) is 0 Å². The van der Waals surface area contributed by atoms with Crippen LogP contribution in [-0.2, 0) is 9.63 Å². The molecule has 0 saturated carbocycles. The summed E-state index contributed by atoms with van der Waals surface area (Å²) >= 11 is 2.19. The number of anilines is 1. The smallest absolute Gasteiger partial charge is 0.265 e. The highest BCUT2D eigenvalue weighted by molar-refractivity contribution is 14.1. The molecule has 3 N–H and O–H groups in total. The van der Waals surface area contributed by atoms with E-state index in [2.05, 4.69) is 38.0 Å². The van der Waals surface area contributed by atoms with Gasteiger partial charge in [-0.3, -0.25) is 4.79 Å². The third kappa shape index (κ3) is 5.68. The Kier molecular flexibility index (Phi) is 6.79. The van der Waals surface area contributed by atoms with Crippen LogP contribution in [-0.4, -0.2) is 23.3 Å². The lowest BCUT2D eigenvalue weighted by Gasteiger charge is -2.09. The number of carbonyl (C=O) groups is 1. The zero-order valence-corrected chi connectivity index (χ0v) is 16.9. The van der Waals surface area contributed by atoms with Crippen LogP contribution in [0.5, 0.6) is 11.6 Å². The summed E-state index contributed by atoms with van der Waals surface area (Å²) in [6, 6.07) is 20.0. The maximum atomic E-state index is 11.9. The van der Waals surface area contributed by atoms with Gasteiger partial charge < -0.3 is 20.6 Å². The predicted octanol–water partition coefficient (Wildman–Crippen LogP) is 3.75. The minimum atomic E-state index is -0.343. The van der Waals surface area contributed by atoms with E-state index in [0.717, 1.165) is 3.57 Å². The summed E-state index contributed by atoms with van der Waals surface area (Å²) in [7, 11) is 0. The number of nitrogens with two attached hydrogens (primary N) is 1. The molecule has 1 amide bonds. The normalized spacial score (nSPS) is 11.0. The number of nitrogens with one attached hydrogen (secondary N) is 1. The highest BCUT2D eigenvalue weighted by Crippen LogP contribution is 2.22. The summed E-state index contributed by atoms with van der Waals surface area (Å²) in [6.45, 7) is -0.276. The molecule has 0 bridgehead atoms. The van der Waals surface area contributed by atoms with Crippen LogP contribution >= 0.6 is 22.6 Å². The number of carbonyl (C=O) groups excluding carboxylic acids is 1. The van der Waals surface area contributed by atoms with Crippen molar-refractivity contribution in [2.24, 2.45) is 10.9 Å². The molecule has 0 spiro atoms. The fourth-order valence-electron chi connectivity index (χ4n) is 2.21. The Balaban J connectivity index is 1.60. The topological polar surface area (TPSA) is 98.8 Å². The molecular formula is C20H17IN4O3. The van der Waals surface area contributed by atoms with Gasteiger partial charge in [0.05, 0.1) is 5.56 Å². The number of hydrogen-bond donors (Lipinski definition) is 2. The molecule has 0 aliphatic heterocycles. The van der Waals surface area contributed by atoms with Crippen molar-refractivity contribution in [2.45, 2.75) is 0 Å². The number of amidine groups is 1. The number of aromatic nitrogens is 1. The van der Waals surface area contributed by atoms with Gasteiger partial charge in [-0.2, -0.15) is 0 Å². The van der Waals surface area contributed by atoms with Crippen LogP contribution < -0.4 is 15.8 Å². The van der Waals surface area contributed by atoms with E-state index in [1.807, 2.05) is 30.3 Å². The Bertz CT molecular complexity index is 963. The van der Waals surface area contributed by atoms with Crippen molar-refractivity contribution < 1.29 is 14.4 Å². The Labute approximate surface area is 175 Å². The largest absolute Gasteiger partial charge is 0.438 e. The number of halogens is 1. The van der Waals surface area contributed by atoms with E-state index < -0.39 is 0 Å². The van der Waals surface area contributed by atoms with Gasteiger partial charge in [0.25, 0.3) is 5.91 Å². The number of oxime groups is 1. The number of hydrogen-bond acceptors (Lipinski definition) is 5. The van der Waals surface area contributed by atoms with Gasteiger partial charge in [0.1, 0.15) is 5.75 Å². The summed E-state index contributed by atoms with van der Waals surface area (Å²) in [5, 5.41) is 6.52. The summed E-state index contributed by atoms with van der Waals surface area (Å²) in [5.74, 6) is 0.626. The van der Waals surface area contributed by atoms with Crippen molar-refractivity contribution in [3.63, 3.8) is 0 Å². The van der Waals surface area contributed by atoms with Crippen molar-refractivity contribution in [2.75, 3.05) is 11.9 Å². The van der Waals surface area contributed by atoms with Gasteiger partial charge in [-0.05, 0) is 71.1 Å². The molecule has 0 aliphatic rings. The van der Waals surface area contributed by atoms with Gasteiger partial charge >= 0.3 is 0 Å². The van der Waals surface area contributed by atoms with Gasteiger partial charge in [-0.25, -0.2) is 4.98 Å². The van der Waals surface area contributed by atoms with Crippen LogP contribution in [0, 0.1) is 3.57 Å². The van der Waals surface area contributed by atoms with E-state index in [1.54, 1.807) is 42.6 Å². The summed E-state index contributed by atoms with van der Waals surface area (Å²) in [4.78, 5) is 21.2. The maximum absolute atomic E-state index is 11.9. The molecule has 1 aromatic heterocycles. The highest BCUT2D eigenvalue weighted by Gasteiger charge is 2.11. The lowest BCUT2D eigenvalue weighted by molar-refractivity contribution is -0.120. The molecule has 0 saturated heterocycles. The van der Waals surface area contributed by atoms with Gasteiger partial charge in [0.15, 0.2) is 12.4 Å². The molecule has 0 radical (unpaired) electrons. The fourth-order valence-corrected chi connectivity index (χ4v) is 2.57. The molecule has 0 fully saturated rings. The minimum absolute atomic E-state index is 0.0566. The second kappa shape index (κ2) is 9.70. The Hall–Kier alpha value is -3.14. The second-order valence-electron chi connectivity index (χ2n) is 5.58. The predicted molar refractivity (Wildman–Crippen MR) is 115 cm³/mol. The molecule has 142 valence electrons. The molecule has 7 nitrogen and oxygen atoms in total. The van der Waals surface area contributed by atoms with E-state index in [9.17, 15) is 4.79 Å². The first-order valence-electron chi connectivity index (χ1n) is 8.31. The molecule has 8 heteroatoms. The van der Waals surface area contributed by atoms with E-state index in [4.69, 9.17) is 15.3 Å². The van der Waals surface area contributed by atoms with Crippen molar-refractivity contribution in [1.82, 2.24) is 4.98 Å². The number of amides is 1. The maximum Gasteiger partial charge on any atom is 0.265 e. The summed E-state index contributed by atoms with van der Waals surface area (Å²) in [5.41, 5.74) is 7.12. The molecule has 0 atom stereocenters. The Morgan fingerprint density at radius 1 is 1.07 bits per heavy atom. The summed E-state index contributed by atoms with van der Waals surface area (Å²) in [6.07, 6.45) is 1.59. The number of para-hydroxylation sites is 1. The van der Waals surface area contributed by atoms with Crippen LogP contribution in [0.3, 0.4) is 0 Å². The van der Waals surface area contributed by atoms with Crippen LogP contribution in [0.1, 0.15) is 5.56 Å². The SMILES string of the molecule is N/C(=N\OCC(=O)Nc1ccc(I)cc1)c1cccnc1Oc1ccccc1. The van der Waals surface area contributed by atoms with Gasteiger partial charge in [-0.1, -0.05) is 23.4 Å². The average Bonchev–Trinajstić information content (AvgIpc) is 2.71. The van der Waals surface area contributed by atoms with Crippen LogP contribution in [0.15, 0.2) is 78.1 Å². The van der Waals surface area contributed by atoms with Crippen LogP contribution in [0.2, 0.25) is 0 Å². The lowest BCUT2D eigenvalue weighted by atomic mass is 10.2. The van der Waals surface area contributed by atoms with E-state index in [1.165, 1.54) is 0 Å². The molecule has 2 aromatic carbocycles. The summed E-state index contributed by atoms with van der Waals surface area (Å²) < 4.78 is 6.82. The van der Waals surface area contributed by atoms with Gasteiger partial charge in [-0.15, -0.1) is 0 Å². The average molecular weight is 488 g/mol. The molecular weight excluding hydrogens is 471 g/mol.